The molecule has 4 aromatic rings. The van der Waals surface area contributed by atoms with E-state index >= 15 is 0 Å². The second-order valence-corrected chi connectivity index (χ2v) is 6.62. The van der Waals surface area contributed by atoms with Crippen molar-refractivity contribution < 1.29 is 28.2 Å². The number of carbonyl (C=O) groups is 1. The lowest BCUT2D eigenvalue weighted by atomic mass is 10.1. The van der Waals surface area contributed by atoms with Gasteiger partial charge in [-0.05, 0) is 24.3 Å². The van der Waals surface area contributed by atoms with E-state index in [2.05, 4.69) is 30.8 Å². The first-order chi connectivity index (χ1) is 15.2. The highest BCUT2D eigenvalue weighted by Gasteiger charge is 2.32. The molecule has 164 valence electrons. The predicted molar refractivity (Wildman–Crippen MR) is 104 cm³/mol. The average molecular weight is 443 g/mol. The third-order valence-corrected chi connectivity index (χ3v) is 4.27. The third-order valence-electron chi connectivity index (χ3n) is 4.27. The molecule has 3 N–H and O–H groups in total. The first kappa shape index (κ1) is 21.1. The largest absolute Gasteiger partial charge is 0.415 e. The summed E-state index contributed by atoms with van der Waals surface area (Å²) in [6.45, 7) is 1.38. The van der Waals surface area contributed by atoms with Gasteiger partial charge >= 0.3 is 12.3 Å². The van der Waals surface area contributed by atoms with Crippen LogP contribution in [0.5, 0.6) is 0 Å². The number of nitrogens with zero attached hydrogens (tertiary/aromatic N) is 6. The number of halogens is 2. The highest BCUT2D eigenvalue weighted by Crippen LogP contribution is 2.26. The lowest BCUT2D eigenvalue weighted by Crippen LogP contribution is -2.35. The van der Waals surface area contributed by atoms with Crippen LogP contribution in [0.25, 0.3) is 22.7 Å². The Balaban J connectivity index is 1.57. The molecule has 3 heterocycles. The maximum atomic E-state index is 12.6. The molecule has 0 aliphatic carbocycles. The number of carbonyl (C=O) groups excluding carboxylic acids is 1. The summed E-state index contributed by atoms with van der Waals surface area (Å²) in [5, 5.41) is 38.2. The summed E-state index contributed by atoms with van der Waals surface area (Å²) in [6.07, 6.45) is -0.463. The summed E-state index contributed by atoms with van der Waals surface area (Å²) < 4.78 is 30.8. The van der Waals surface area contributed by atoms with Crippen molar-refractivity contribution >= 4 is 11.6 Å². The minimum Gasteiger partial charge on any atom is -0.415 e. The molecule has 0 saturated heterocycles. The van der Waals surface area contributed by atoms with Crippen LogP contribution in [0.4, 0.5) is 14.5 Å². The van der Waals surface area contributed by atoms with Gasteiger partial charge in [0.15, 0.2) is 0 Å². The van der Waals surface area contributed by atoms with Gasteiger partial charge in [-0.2, -0.15) is 13.5 Å². The Kier molecular flexibility index (Phi) is 5.42. The van der Waals surface area contributed by atoms with Gasteiger partial charge in [0, 0.05) is 24.4 Å². The fraction of sp³-hybridized carbons (Fsp3) is 0.158. The summed E-state index contributed by atoms with van der Waals surface area (Å²) in [6, 6.07) is 9.33. The maximum Gasteiger partial charge on any atom is 0.314 e. The number of hydrogen-bond acceptors (Lipinski definition) is 9. The Bertz CT molecular complexity index is 1250. The molecule has 0 aliphatic rings. The van der Waals surface area contributed by atoms with Crippen molar-refractivity contribution in [3.05, 3.63) is 60.4 Å². The molecule has 0 unspecified atom stereocenters. The van der Waals surface area contributed by atoms with Crippen LogP contribution < -0.4 is 5.32 Å². The van der Waals surface area contributed by atoms with Gasteiger partial charge in [-0.1, -0.05) is 17.3 Å². The van der Waals surface area contributed by atoms with Crippen molar-refractivity contribution in [2.75, 3.05) is 5.32 Å². The van der Waals surface area contributed by atoms with Crippen LogP contribution in [0.15, 0.2) is 53.2 Å². The topological polar surface area (TPSA) is 152 Å². The van der Waals surface area contributed by atoms with E-state index in [1.54, 1.807) is 24.3 Å². The molecule has 0 fully saturated rings. The monoisotopic (exact) mass is 443 g/mol. The van der Waals surface area contributed by atoms with Crippen LogP contribution in [0.1, 0.15) is 24.9 Å². The average Bonchev–Trinajstić information content (AvgIpc) is 3.44. The molecule has 32 heavy (non-hydrogen) atoms. The van der Waals surface area contributed by atoms with Crippen molar-refractivity contribution in [1.29, 1.82) is 0 Å². The summed E-state index contributed by atoms with van der Waals surface area (Å²) in [4.78, 5) is 15.2. The number of nitrogens with one attached hydrogen (secondary N) is 1. The second-order valence-electron chi connectivity index (χ2n) is 6.62. The summed E-state index contributed by atoms with van der Waals surface area (Å²) >= 11 is 0. The molecule has 3 aromatic heterocycles. The number of pyridine rings is 1. The zero-order chi connectivity index (χ0) is 22.9. The van der Waals surface area contributed by atoms with Crippen molar-refractivity contribution in [2.45, 2.75) is 19.3 Å². The van der Waals surface area contributed by atoms with Gasteiger partial charge < -0.3 is 19.9 Å². The summed E-state index contributed by atoms with van der Waals surface area (Å²) in [7, 11) is 0. The Morgan fingerprint density at radius 1 is 1.16 bits per heavy atom. The standard InChI is InChI=1S/C19H15F2N7O4/c1-10(29)23-13-4-2-3-11(7-13)14-9-28(27-24-14)19(30,31)15-6-5-12(8-22-15)17-25-26-18(32-17)16(20)21/h2-9,16,30-31H,1H3,(H,23,29). The van der Waals surface area contributed by atoms with E-state index in [0.29, 0.717) is 16.9 Å². The molecule has 0 atom stereocenters. The number of rotatable bonds is 6. The number of amides is 1. The number of benzene rings is 1. The Morgan fingerprint density at radius 2 is 1.97 bits per heavy atom. The van der Waals surface area contributed by atoms with Gasteiger partial charge in [0.25, 0.3) is 5.89 Å². The molecular formula is C19H15F2N7O4. The van der Waals surface area contributed by atoms with Crippen LogP contribution in [0.2, 0.25) is 0 Å². The first-order valence-corrected chi connectivity index (χ1v) is 9.08. The van der Waals surface area contributed by atoms with Crippen LogP contribution in [-0.2, 0) is 10.7 Å². The van der Waals surface area contributed by atoms with E-state index in [4.69, 9.17) is 4.42 Å². The van der Waals surface area contributed by atoms with Gasteiger partial charge in [0.2, 0.25) is 11.8 Å². The number of alkyl halides is 2. The van der Waals surface area contributed by atoms with E-state index in [1.165, 1.54) is 25.3 Å². The zero-order valence-corrected chi connectivity index (χ0v) is 16.3. The molecule has 0 radical (unpaired) electrons. The SMILES string of the molecule is CC(=O)Nc1cccc(-c2cn(C(O)(O)c3ccc(-c4nnc(C(F)F)o4)cn3)nn2)c1. The number of aliphatic hydroxyl groups is 2. The van der Waals surface area contributed by atoms with Crippen LogP contribution in [0, 0.1) is 0 Å². The van der Waals surface area contributed by atoms with Crippen molar-refractivity contribution in [3.63, 3.8) is 0 Å². The lowest BCUT2D eigenvalue weighted by molar-refractivity contribution is -0.203. The summed E-state index contributed by atoms with van der Waals surface area (Å²) in [5.41, 5.74) is 1.41. The molecule has 0 aliphatic heterocycles. The number of aromatic nitrogens is 6. The van der Waals surface area contributed by atoms with Crippen molar-refractivity contribution in [3.8, 4) is 22.7 Å². The van der Waals surface area contributed by atoms with Gasteiger partial charge in [0.05, 0.1) is 11.8 Å². The molecule has 0 spiro atoms. The van der Waals surface area contributed by atoms with Gasteiger partial charge in [-0.25, -0.2) is 0 Å². The maximum absolute atomic E-state index is 12.6. The van der Waals surface area contributed by atoms with Crippen molar-refractivity contribution in [2.24, 2.45) is 0 Å². The molecule has 1 amide bonds. The van der Waals surface area contributed by atoms with Crippen LogP contribution in [-0.4, -0.2) is 46.3 Å². The van der Waals surface area contributed by atoms with Gasteiger partial charge in [0.1, 0.15) is 11.4 Å². The Labute approximate surface area is 178 Å². The molecule has 13 heteroatoms. The quantitative estimate of drug-likeness (QED) is 0.380. The van der Waals surface area contributed by atoms with Crippen LogP contribution in [0.3, 0.4) is 0 Å². The van der Waals surface area contributed by atoms with E-state index in [1.807, 2.05) is 0 Å². The smallest absolute Gasteiger partial charge is 0.314 e. The highest BCUT2D eigenvalue weighted by atomic mass is 19.3. The molecule has 0 saturated carbocycles. The third kappa shape index (κ3) is 4.19. The Hall–Kier alpha value is -4.10. The number of hydrogen-bond donors (Lipinski definition) is 3. The van der Waals surface area contributed by atoms with Gasteiger partial charge in [-0.3, -0.25) is 9.78 Å². The normalized spacial score (nSPS) is 11.7. The molecule has 4 rings (SSSR count). The molecule has 11 nitrogen and oxygen atoms in total. The highest BCUT2D eigenvalue weighted by molar-refractivity contribution is 5.89. The minimum absolute atomic E-state index is 0.192. The zero-order valence-electron chi connectivity index (χ0n) is 16.3. The summed E-state index contributed by atoms with van der Waals surface area (Å²) in [5.74, 6) is -3.93. The van der Waals surface area contributed by atoms with E-state index in [9.17, 15) is 23.8 Å². The van der Waals surface area contributed by atoms with E-state index in [0.717, 1.165) is 10.9 Å². The lowest BCUT2D eigenvalue weighted by Gasteiger charge is -2.20. The fourth-order valence-corrected chi connectivity index (χ4v) is 2.78. The van der Waals surface area contributed by atoms with Crippen molar-refractivity contribution in [1.82, 2.24) is 30.2 Å². The molecular weight excluding hydrogens is 428 g/mol. The number of anilines is 1. The molecule has 0 bridgehead atoms. The van der Waals surface area contributed by atoms with E-state index < -0.39 is 18.2 Å². The minimum atomic E-state index is -2.91. The molecule has 1 aromatic carbocycles. The predicted octanol–water partition coefficient (Wildman–Crippen LogP) is 1.93. The van der Waals surface area contributed by atoms with Gasteiger partial charge in [-0.15, -0.1) is 15.3 Å². The fourth-order valence-electron chi connectivity index (χ4n) is 2.78. The van der Waals surface area contributed by atoms with E-state index in [-0.39, 0.29) is 23.1 Å². The first-order valence-electron chi connectivity index (χ1n) is 9.08. The Morgan fingerprint density at radius 3 is 2.62 bits per heavy atom. The van der Waals surface area contributed by atoms with Crippen LogP contribution >= 0.6 is 0 Å². The second kappa shape index (κ2) is 8.20.